The van der Waals surface area contributed by atoms with E-state index in [1.165, 1.54) is 6.42 Å². The van der Waals surface area contributed by atoms with Gasteiger partial charge in [0.2, 0.25) is 0 Å². The lowest BCUT2D eigenvalue weighted by Gasteiger charge is -2.20. The van der Waals surface area contributed by atoms with Gasteiger partial charge in [-0.3, -0.25) is 4.79 Å². The van der Waals surface area contributed by atoms with Crippen molar-refractivity contribution in [2.24, 2.45) is 0 Å². The van der Waals surface area contributed by atoms with Crippen LogP contribution in [-0.2, 0) is 0 Å². The zero-order valence-corrected chi connectivity index (χ0v) is 14.4. The van der Waals surface area contributed by atoms with Crippen LogP contribution in [0.5, 0.6) is 0 Å². The number of H-pyrrole nitrogens is 1. The first-order valence-corrected chi connectivity index (χ1v) is 8.52. The number of nitrogens with zero attached hydrogens (tertiary/aromatic N) is 1. The Labute approximate surface area is 137 Å². The minimum absolute atomic E-state index is 0.168. The molecular weight excluding hydrogens is 438 g/mol. The van der Waals surface area contributed by atoms with Crippen molar-refractivity contribution < 1.29 is 4.39 Å². The van der Waals surface area contributed by atoms with Crippen LogP contribution in [0.4, 0.5) is 4.39 Å². The minimum atomic E-state index is -0.449. The van der Waals surface area contributed by atoms with Crippen LogP contribution in [0, 0.1) is 9.39 Å². The van der Waals surface area contributed by atoms with Crippen LogP contribution in [0.3, 0.4) is 0 Å². The fraction of sp³-hybridized carbons (Fsp3) is 0.429. The van der Waals surface area contributed by atoms with Crippen molar-refractivity contribution in [2.75, 3.05) is 0 Å². The maximum atomic E-state index is 14.3. The lowest BCUT2D eigenvalue weighted by molar-refractivity contribution is 0.428. The molecule has 20 heavy (non-hydrogen) atoms. The van der Waals surface area contributed by atoms with Crippen LogP contribution in [0.2, 0.25) is 0 Å². The molecule has 1 aromatic heterocycles. The van der Waals surface area contributed by atoms with Gasteiger partial charge < -0.3 is 4.98 Å². The second-order valence-electron chi connectivity index (χ2n) is 5.17. The number of nitrogens with one attached hydrogen (secondary N) is 1. The molecule has 0 atom stereocenters. The predicted octanol–water partition coefficient (Wildman–Crippen LogP) is 4.48. The molecule has 1 aromatic carbocycles. The normalized spacial score (nSPS) is 16.8. The Balaban J connectivity index is 2.20. The highest BCUT2D eigenvalue weighted by Gasteiger charge is 2.21. The number of aromatic nitrogens is 2. The summed E-state index contributed by atoms with van der Waals surface area (Å²) in [6, 6.07) is 1.67. The highest BCUT2D eigenvalue weighted by molar-refractivity contribution is 14.1. The number of aromatic amines is 1. The maximum Gasteiger partial charge on any atom is 0.258 e. The van der Waals surface area contributed by atoms with E-state index in [4.69, 9.17) is 0 Å². The first kappa shape index (κ1) is 14.4. The highest BCUT2D eigenvalue weighted by atomic mass is 127. The van der Waals surface area contributed by atoms with Gasteiger partial charge in [0.1, 0.15) is 11.3 Å². The second-order valence-corrected chi connectivity index (χ2v) is 7.12. The molecule has 0 spiro atoms. The number of fused-ring (bicyclic) bond motifs is 1. The number of hydrogen-bond acceptors (Lipinski definition) is 2. The predicted molar refractivity (Wildman–Crippen MR) is 88.6 cm³/mol. The molecule has 2 aromatic rings. The first-order chi connectivity index (χ1) is 9.58. The average Bonchev–Trinajstić information content (AvgIpc) is 2.47. The standard InChI is InChI=1S/C14H13BrFIN2O/c15-10-9(17)6-8-12(11(10)16)18-13(19-14(8)20)7-4-2-1-3-5-7/h6-7H,1-5H2,(H,18,19,20). The number of rotatable bonds is 1. The Morgan fingerprint density at radius 2 is 2.05 bits per heavy atom. The van der Waals surface area contributed by atoms with Gasteiger partial charge in [0.15, 0.2) is 5.82 Å². The topological polar surface area (TPSA) is 45.8 Å². The van der Waals surface area contributed by atoms with Crippen LogP contribution in [0.25, 0.3) is 10.9 Å². The largest absolute Gasteiger partial charge is 0.310 e. The van der Waals surface area contributed by atoms with E-state index in [1.54, 1.807) is 6.07 Å². The van der Waals surface area contributed by atoms with Crippen molar-refractivity contribution in [1.29, 1.82) is 0 Å². The van der Waals surface area contributed by atoms with E-state index in [-0.39, 0.29) is 17.0 Å². The Morgan fingerprint density at radius 1 is 1.35 bits per heavy atom. The highest BCUT2D eigenvalue weighted by Crippen LogP contribution is 2.32. The number of hydrogen-bond donors (Lipinski definition) is 1. The third-order valence-corrected chi connectivity index (χ3v) is 6.21. The van der Waals surface area contributed by atoms with Crippen LogP contribution < -0.4 is 5.56 Å². The monoisotopic (exact) mass is 450 g/mol. The summed E-state index contributed by atoms with van der Waals surface area (Å²) in [6.07, 6.45) is 5.55. The summed E-state index contributed by atoms with van der Waals surface area (Å²) in [6.45, 7) is 0. The summed E-state index contributed by atoms with van der Waals surface area (Å²) in [7, 11) is 0. The zero-order valence-electron chi connectivity index (χ0n) is 10.7. The average molecular weight is 451 g/mol. The van der Waals surface area contributed by atoms with Gasteiger partial charge in [0.25, 0.3) is 5.56 Å². The summed E-state index contributed by atoms with van der Waals surface area (Å²) in [5.74, 6) is 0.433. The van der Waals surface area contributed by atoms with E-state index < -0.39 is 5.82 Å². The Bertz CT molecular complexity index is 725. The molecule has 1 heterocycles. The molecule has 3 nitrogen and oxygen atoms in total. The van der Waals surface area contributed by atoms with E-state index in [0.717, 1.165) is 25.7 Å². The molecule has 6 heteroatoms. The van der Waals surface area contributed by atoms with E-state index >= 15 is 0 Å². The van der Waals surface area contributed by atoms with Crippen molar-refractivity contribution >= 4 is 49.4 Å². The Hall–Kier alpha value is -0.500. The molecular formula is C14H13BrFIN2O. The summed E-state index contributed by atoms with van der Waals surface area (Å²) >= 11 is 5.21. The molecule has 3 rings (SSSR count). The Kier molecular flexibility index (Phi) is 4.12. The lowest BCUT2D eigenvalue weighted by atomic mass is 9.88. The van der Waals surface area contributed by atoms with Gasteiger partial charge in [-0.15, -0.1) is 0 Å². The SMILES string of the molecule is O=c1[nH]c(C2CCCCC2)nc2c(F)c(Br)c(I)cc12. The van der Waals surface area contributed by atoms with Gasteiger partial charge in [-0.25, -0.2) is 9.37 Å². The zero-order chi connectivity index (χ0) is 14.3. The maximum absolute atomic E-state index is 14.3. The molecule has 1 fully saturated rings. The molecule has 0 unspecified atom stereocenters. The van der Waals surface area contributed by atoms with Gasteiger partial charge in [-0.1, -0.05) is 19.3 Å². The molecule has 1 aliphatic carbocycles. The number of halogens is 3. The smallest absolute Gasteiger partial charge is 0.258 e. The van der Waals surface area contributed by atoms with E-state index in [0.29, 0.717) is 19.3 Å². The van der Waals surface area contributed by atoms with Gasteiger partial charge in [0, 0.05) is 9.49 Å². The van der Waals surface area contributed by atoms with Gasteiger partial charge >= 0.3 is 0 Å². The van der Waals surface area contributed by atoms with Gasteiger partial charge in [-0.05, 0) is 57.4 Å². The molecule has 106 valence electrons. The van der Waals surface area contributed by atoms with Gasteiger partial charge in [-0.2, -0.15) is 0 Å². The van der Waals surface area contributed by atoms with E-state index in [2.05, 4.69) is 25.9 Å². The van der Waals surface area contributed by atoms with Gasteiger partial charge in [0.05, 0.1) is 9.86 Å². The summed E-state index contributed by atoms with van der Waals surface area (Å²) in [5, 5.41) is 0.314. The first-order valence-electron chi connectivity index (χ1n) is 6.65. The third kappa shape index (κ3) is 2.52. The third-order valence-electron chi connectivity index (χ3n) is 3.85. The van der Waals surface area contributed by atoms with Crippen molar-refractivity contribution in [3.63, 3.8) is 0 Å². The molecule has 0 bridgehead atoms. The molecule has 0 aliphatic heterocycles. The molecule has 1 saturated carbocycles. The Morgan fingerprint density at radius 3 is 2.75 bits per heavy atom. The molecule has 1 aliphatic rings. The molecule has 0 radical (unpaired) electrons. The summed E-state index contributed by atoms with van der Waals surface area (Å²) in [5.41, 5.74) is -0.0819. The molecule has 0 amide bonds. The molecule has 1 N–H and O–H groups in total. The van der Waals surface area contributed by atoms with Crippen molar-refractivity contribution in [3.05, 3.63) is 36.1 Å². The van der Waals surface area contributed by atoms with E-state index in [1.807, 2.05) is 22.6 Å². The quantitative estimate of drug-likeness (QED) is 0.514. The fourth-order valence-corrected chi connectivity index (χ4v) is 3.62. The van der Waals surface area contributed by atoms with Crippen LogP contribution >= 0.6 is 38.5 Å². The molecule has 0 saturated heterocycles. The van der Waals surface area contributed by atoms with Crippen LogP contribution in [0.1, 0.15) is 43.8 Å². The summed E-state index contributed by atoms with van der Waals surface area (Å²) in [4.78, 5) is 19.4. The number of benzene rings is 1. The second kappa shape index (κ2) is 5.71. The van der Waals surface area contributed by atoms with Crippen LogP contribution in [0.15, 0.2) is 15.3 Å². The van der Waals surface area contributed by atoms with E-state index in [9.17, 15) is 9.18 Å². The minimum Gasteiger partial charge on any atom is -0.310 e. The van der Waals surface area contributed by atoms with Crippen molar-refractivity contribution in [3.8, 4) is 0 Å². The lowest BCUT2D eigenvalue weighted by Crippen LogP contribution is -2.17. The fourth-order valence-electron chi connectivity index (χ4n) is 2.77. The van der Waals surface area contributed by atoms with Crippen molar-refractivity contribution in [1.82, 2.24) is 9.97 Å². The van der Waals surface area contributed by atoms with Crippen LogP contribution in [-0.4, -0.2) is 9.97 Å². The summed E-state index contributed by atoms with van der Waals surface area (Å²) < 4.78 is 15.4. The van der Waals surface area contributed by atoms with Crippen molar-refractivity contribution in [2.45, 2.75) is 38.0 Å².